The highest BCUT2D eigenvalue weighted by Crippen LogP contribution is 2.17. The fraction of sp³-hybridized carbons (Fsp3) is 0.571. The molecule has 1 N–H and O–H groups in total. The van der Waals surface area contributed by atoms with E-state index in [1.54, 1.807) is 0 Å². The second-order valence-corrected chi connectivity index (χ2v) is 4.55. The summed E-state index contributed by atoms with van der Waals surface area (Å²) in [5, 5.41) is 3.51. The summed E-state index contributed by atoms with van der Waals surface area (Å²) in [5.74, 6) is 1.03. The Hall–Kier alpha value is -1.02. The van der Waals surface area contributed by atoms with Crippen LogP contribution < -0.4 is 10.1 Å². The Morgan fingerprint density at radius 1 is 1.38 bits per heavy atom. The second-order valence-electron chi connectivity index (χ2n) is 4.55. The summed E-state index contributed by atoms with van der Waals surface area (Å²) in [6.07, 6.45) is 5.06. The van der Waals surface area contributed by atoms with Crippen LogP contribution in [0.1, 0.15) is 31.2 Å². The average Bonchev–Trinajstić information content (AvgIpc) is 2.79. The molecular formula is C14H21NO. The van der Waals surface area contributed by atoms with Crippen molar-refractivity contribution in [1.82, 2.24) is 5.32 Å². The van der Waals surface area contributed by atoms with Crippen LogP contribution in [-0.2, 0) is 0 Å². The van der Waals surface area contributed by atoms with Gasteiger partial charge >= 0.3 is 0 Å². The Bertz CT molecular complexity index is 318. The van der Waals surface area contributed by atoms with Gasteiger partial charge in [-0.05, 0) is 50.8 Å². The molecule has 1 aromatic rings. The number of aryl methyl sites for hydroxylation is 1. The number of ether oxygens (including phenoxy) is 1. The summed E-state index contributed by atoms with van der Waals surface area (Å²) < 4.78 is 5.77. The molecule has 0 bridgehead atoms. The number of benzene rings is 1. The zero-order valence-corrected chi connectivity index (χ0v) is 10.0. The van der Waals surface area contributed by atoms with Gasteiger partial charge in [0, 0.05) is 6.04 Å². The van der Waals surface area contributed by atoms with Crippen LogP contribution in [-0.4, -0.2) is 19.2 Å². The molecule has 88 valence electrons. The van der Waals surface area contributed by atoms with Crippen molar-refractivity contribution < 1.29 is 4.74 Å². The third kappa shape index (κ3) is 3.24. The van der Waals surface area contributed by atoms with Crippen LogP contribution in [0.4, 0.5) is 0 Å². The minimum absolute atomic E-state index is 0.737. The lowest BCUT2D eigenvalue weighted by molar-refractivity contribution is 0.297. The highest BCUT2D eigenvalue weighted by molar-refractivity contribution is 5.31. The van der Waals surface area contributed by atoms with Crippen LogP contribution in [0.2, 0.25) is 0 Å². The Morgan fingerprint density at radius 2 is 2.25 bits per heavy atom. The van der Waals surface area contributed by atoms with E-state index in [9.17, 15) is 0 Å². The zero-order chi connectivity index (χ0) is 11.2. The van der Waals surface area contributed by atoms with E-state index in [1.165, 1.54) is 31.4 Å². The number of hydrogen-bond donors (Lipinski definition) is 1. The van der Waals surface area contributed by atoms with Crippen molar-refractivity contribution in [2.24, 2.45) is 0 Å². The first-order valence-electron chi connectivity index (χ1n) is 6.28. The van der Waals surface area contributed by atoms with Gasteiger partial charge < -0.3 is 10.1 Å². The summed E-state index contributed by atoms with van der Waals surface area (Å²) in [6.45, 7) is 4.13. The van der Waals surface area contributed by atoms with Gasteiger partial charge in [-0.25, -0.2) is 0 Å². The Morgan fingerprint density at radius 3 is 3.00 bits per heavy atom. The second kappa shape index (κ2) is 5.90. The molecule has 2 rings (SSSR count). The molecule has 0 aliphatic carbocycles. The molecule has 1 aliphatic heterocycles. The molecule has 16 heavy (non-hydrogen) atoms. The smallest absolute Gasteiger partial charge is 0.122 e. The van der Waals surface area contributed by atoms with Gasteiger partial charge in [-0.1, -0.05) is 18.2 Å². The van der Waals surface area contributed by atoms with E-state index in [4.69, 9.17) is 4.74 Å². The predicted octanol–water partition coefficient (Wildman–Crippen LogP) is 2.91. The Balaban J connectivity index is 1.66. The van der Waals surface area contributed by atoms with E-state index >= 15 is 0 Å². The first-order chi connectivity index (χ1) is 7.86. The summed E-state index contributed by atoms with van der Waals surface area (Å²) in [5.41, 5.74) is 1.22. The maximum atomic E-state index is 5.77. The lowest BCUT2D eigenvalue weighted by Crippen LogP contribution is -2.21. The van der Waals surface area contributed by atoms with E-state index in [-0.39, 0.29) is 0 Å². The molecule has 0 spiro atoms. The molecule has 0 radical (unpaired) electrons. The summed E-state index contributed by atoms with van der Waals surface area (Å²) in [7, 11) is 0. The van der Waals surface area contributed by atoms with E-state index < -0.39 is 0 Å². The van der Waals surface area contributed by atoms with Crippen LogP contribution in [0.15, 0.2) is 24.3 Å². The fourth-order valence-corrected chi connectivity index (χ4v) is 2.23. The van der Waals surface area contributed by atoms with Crippen LogP contribution in [0, 0.1) is 6.92 Å². The van der Waals surface area contributed by atoms with Crippen LogP contribution >= 0.6 is 0 Å². The van der Waals surface area contributed by atoms with Crippen molar-refractivity contribution >= 4 is 0 Å². The fourth-order valence-electron chi connectivity index (χ4n) is 2.23. The highest BCUT2D eigenvalue weighted by atomic mass is 16.5. The van der Waals surface area contributed by atoms with Crippen molar-refractivity contribution in [2.75, 3.05) is 13.2 Å². The number of para-hydroxylation sites is 1. The normalized spacial score (nSPS) is 19.9. The molecule has 2 heteroatoms. The molecule has 1 fully saturated rings. The van der Waals surface area contributed by atoms with Crippen LogP contribution in [0.5, 0.6) is 5.75 Å². The van der Waals surface area contributed by atoms with E-state index in [0.717, 1.165) is 24.8 Å². The summed E-state index contributed by atoms with van der Waals surface area (Å²) in [6, 6.07) is 8.95. The monoisotopic (exact) mass is 219 g/mol. The third-order valence-electron chi connectivity index (χ3n) is 3.21. The molecule has 1 atom stereocenters. The standard InChI is InChI=1S/C14H21NO/c1-12-6-2-3-9-14(12)16-11-5-8-13-7-4-10-15-13/h2-3,6,9,13,15H,4-5,7-8,10-11H2,1H3. The number of rotatable bonds is 5. The highest BCUT2D eigenvalue weighted by Gasteiger charge is 2.12. The van der Waals surface area contributed by atoms with Gasteiger partial charge in [0.2, 0.25) is 0 Å². The topological polar surface area (TPSA) is 21.3 Å². The molecule has 0 aromatic heterocycles. The first kappa shape index (κ1) is 11.5. The van der Waals surface area contributed by atoms with Crippen molar-refractivity contribution in [3.05, 3.63) is 29.8 Å². The minimum Gasteiger partial charge on any atom is -0.493 e. The lowest BCUT2D eigenvalue weighted by atomic mass is 10.1. The molecule has 1 unspecified atom stereocenters. The molecule has 1 aromatic carbocycles. The van der Waals surface area contributed by atoms with Gasteiger partial charge in [0.15, 0.2) is 0 Å². The predicted molar refractivity (Wildman–Crippen MR) is 66.9 cm³/mol. The molecular weight excluding hydrogens is 198 g/mol. The zero-order valence-electron chi connectivity index (χ0n) is 10.0. The van der Waals surface area contributed by atoms with Gasteiger partial charge in [0.05, 0.1) is 6.61 Å². The van der Waals surface area contributed by atoms with Gasteiger partial charge in [0.25, 0.3) is 0 Å². The molecule has 0 saturated carbocycles. The lowest BCUT2D eigenvalue weighted by Gasteiger charge is -2.11. The van der Waals surface area contributed by atoms with Gasteiger partial charge in [-0.3, -0.25) is 0 Å². The van der Waals surface area contributed by atoms with Gasteiger partial charge in [-0.15, -0.1) is 0 Å². The van der Waals surface area contributed by atoms with Gasteiger partial charge in [-0.2, -0.15) is 0 Å². The largest absolute Gasteiger partial charge is 0.493 e. The summed E-state index contributed by atoms with van der Waals surface area (Å²) in [4.78, 5) is 0. The summed E-state index contributed by atoms with van der Waals surface area (Å²) >= 11 is 0. The van der Waals surface area contributed by atoms with Crippen molar-refractivity contribution in [2.45, 2.75) is 38.6 Å². The van der Waals surface area contributed by atoms with E-state index in [2.05, 4.69) is 18.3 Å². The van der Waals surface area contributed by atoms with E-state index in [1.807, 2.05) is 18.2 Å². The number of nitrogens with one attached hydrogen (secondary N) is 1. The number of hydrogen-bond acceptors (Lipinski definition) is 2. The molecule has 1 aliphatic rings. The van der Waals surface area contributed by atoms with Crippen LogP contribution in [0.25, 0.3) is 0 Å². The quantitative estimate of drug-likeness (QED) is 0.769. The van der Waals surface area contributed by atoms with Crippen molar-refractivity contribution in [3.8, 4) is 5.75 Å². The van der Waals surface area contributed by atoms with Crippen molar-refractivity contribution in [3.63, 3.8) is 0 Å². The Kier molecular flexibility index (Phi) is 4.23. The third-order valence-corrected chi connectivity index (χ3v) is 3.21. The maximum Gasteiger partial charge on any atom is 0.122 e. The first-order valence-corrected chi connectivity index (χ1v) is 6.28. The average molecular weight is 219 g/mol. The van der Waals surface area contributed by atoms with Crippen molar-refractivity contribution in [1.29, 1.82) is 0 Å². The van der Waals surface area contributed by atoms with Crippen LogP contribution in [0.3, 0.4) is 0 Å². The van der Waals surface area contributed by atoms with E-state index in [0.29, 0.717) is 0 Å². The molecule has 2 nitrogen and oxygen atoms in total. The molecule has 1 heterocycles. The molecule has 1 saturated heterocycles. The van der Waals surface area contributed by atoms with Gasteiger partial charge in [0.1, 0.15) is 5.75 Å². The molecule has 0 amide bonds. The SMILES string of the molecule is Cc1ccccc1OCCCC1CCCN1. The minimum atomic E-state index is 0.737. The maximum absolute atomic E-state index is 5.77. The Labute approximate surface area is 98.0 Å².